The molecule has 6 heteroatoms. The summed E-state index contributed by atoms with van der Waals surface area (Å²) in [5.74, 6) is 0.217. The molecule has 0 radical (unpaired) electrons. The van der Waals surface area contributed by atoms with Gasteiger partial charge < -0.3 is 15.1 Å². The highest BCUT2D eigenvalue weighted by atomic mass is 16.2. The topological polar surface area (TPSA) is 55.9 Å². The molecular weight excluding hydrogens is 328 g/mol. The first-order valence-corrected chi connectivity index (χ1v) is 9.55. The Hall–Kier alpha value is -1.92. The number of nitrogens with one attached hydrogen (secondary N) is 1. The predicted molar refractivity (Wildman–Crippen MR) is 102 cm³/mol. The Morgan fingerprint density at radius 1 is 1.08 bits per heavy atom. The molecule has 0 saturated carbocycles. The van der Waals surface area contributed by atoms with Gasteiger partial charge >= 0.3 is 0 Å². The molecule has 3 rings (SSSR count). The summed E-state index contributed by atoms with van der Waals surface area (Å²) in [4.78, 5) is 30.5. The van der Waals surface area contributed by atoms with E-state index in [1.165, 1.54) is 5.56 Å². The number of rotatable bonds is 4. The van der Waals surface area contributed by atoms with Gasteiger partial charge in [-0.1, -0.05) is 30.3 Å². The number of likely N-dealkylation sites (tertiary alicyclic amines) is 1. The summed E-state index contributed by atoms with van der Waals surface area (Å²) >= 11 is 0. The van der Waals surface area contributed by atoms with Gasteiger partial charge in [0, 0.05) is 51.7 Å². The Kier molecular flexibility index (Phi) is 6.27. The molecule has 0 aromatic heterocycles. The second kappa shape index (κ2) is 8.64. The van der Waals surface area contributed by atoms with Crippen molar-refractivity contribution in [2.24, 2.45) is 0 Å². The minimum Gasteiger partial charge on any atom is -0.352 e. The minimum absolute atomic E-state index is 0.0942. The van der Waals surface area contributed by atoms with Crippen LogP contribution in [0.4, 0.5) is 0 Å². The van der Waals surface area contributed by atoms with E-state index in [-0.39, 0.29) is 23.9 Å². The minimum atomic E-state index is 0.0942. The van der Waals surface area contributed by atoms with Crippen molar-refractivity contribution >= 4 is 11.8 Å². The van der Waals surface area contributed by atoms with Gasteiger partial charge in [-0.15, -0.1) is 0 Å². The Bertz CT molecular complexity index is 613. The summed E-state index contributed by atoms with van der Waals surface area (Å²) < 4.78 is 0. The van der Waals surface area contributed by atoms with Crippen molar-refractivity contribution in [2.75, 3.05) is 46.3 Å². The smallest absolute Gasteiger partial charge is 0.234 e. The Morgan fingerprint density at radius 3 is 2.42 bits per heavy atom. The molecule has 0 unspecified atom stereocenters. The van der Waals surface area contributed by atoms with Crippen LogP contribution in [-0.2, 0) is 9.59 Å². The van der Waals surface area contributed by atoms with Crippen molar-refractivity contribution in [1.29, 1.82) is 0 Å². The van der Waals surface area contributed by atoms with E-state index in [0.717, 1.165) is 45.6 Å². The molecule has 1 aromatic carbocycles. The number of carbonyl (C=O) groups excluding carboxylic acids is 2. The maximum absolute atomic E-state index is 12.6. The van der Waals surface area contributed by atoms with E-state index < -0.39 is 0 Å². The third kappa shape index (κ3) is 4.83. The number of carbonyl (C=O) groups is 2. The van der Waals surface area contributed by atoms with Crippen LogP contribution in [0.5, 0.6) is 0 Å². The van der Waals surface area contributed by atoms with Crippen molar-refractivity contribution in [2.45, 2.75) is 31.8 Å². The van der Waals surface area contributed by atoms with Crippen LogP contribution in [0.15, 0.2) is 30.3 Å². The number of likely N-dealkylation sites (N-methyl/N-ethyl adjacent to an activating group) is 1. The lowest BCUT2D eigenvalue weighted by atomic mass is 10.0. The molecule has 2 saturated heterocycles. The van der Waals surface area contributed by atoms with E-state index in [9.17, 15) is 9.59 Å². The van der Waals surface area contributed by atoms with E-state index in [4.69, 9.17) is 0 Å². The van der Waals surface area contributed by atoms with Gasteiger partial charge in [-0.05, 0) is 25.5 Å². The highest BCUT2D eigenvalue weighted by Gasteiger charge is 2.29. The number of hydrogen-bond donors (Lipinski definition) is 1. The van der Waals surface area contributed by atoms with E-state index in [0.29, 0.717) is 6.54 Å². The number of piperazine rings is 1. The van der Waals surface area contributed by atoms with Gasteiger partial charge in [0.15, 0.2) is 0 Å². The van der Waals surface area contributed by atoms with Crippen LogP contribution >= 0.6 is 0 Å². The van der Waals surface area contributed by atoms with Crippen molar-refractivity contribution in [3.63, 3.8) is 0 Å². The summed E-state index contributed by atoms with van der Waals surface area (Å²) in [7, 11) is 2.14. The van der Waals surface area contributed by atoms with E-state index in [1.54, 1.807) is 6.92 Å². The second-order valence-corrected chi connectivity index (χ2v) is 7.51. The average molecular weight is 358 g/mol. The SMILES string of the molecule is CC(=O)N1CCC(NC(=O)CN2CCN(C)C[C@@H]2c2ccccc2)CC1. The summed E-state index contributed by atoms with van der Waals surface area (Å²) in [6.45, 7) is 6.33. The fourth-order valence-corrected chi connectivity index (χ4v) is 3.93. The first kappa shape index (κ1) is 18.9. The fourth-order valence-electron chi connectivity index (χ4n) is 3.93. The molecule has 1 atom stereocenters. The Balaban J connectivity index is 1.55. The Labute approximate surface area is 156 Å². The molecular formula is C20H30N4O2. The second-order valence-electron chi connectivity index (χ2n) is 7.51. The van der Waals surface area contributed by atoms with Gasteiger partial charge in [0.25, 0.3) is 0 Å². The lowest BCUT2D eigenvalue weighted by Gasteiger charge is -2.40. The normalized spacial score (nSPS) is 23.0. The summed E-state index contributed by atoms with van der Waals surface area (Å²) in [6.07, 6.45) is 1.69. The predicted octanol–water partition coefficient (Wildman–Crippen LogP) is 1.10. The average Bonchev–Trinajstić information content (AvgIpc) is 2.64. The van der Waals surface area contributed by atoms with Gasteiger partial charge in [0.1, 0.15) is 0 Å². The van der Waals surface area contributed by atoms with Gasteiger partial charge in [0.05, 0.1) is 6.54 Å². The molecule has 0 spiro atoms. The van der Waals surface area contributed by atoms with Crippen LogP contribution in [0, 0.1) is 0 Å². The quantitative estimate of drug-likeness (QED) is 0.876. The number of benzene rings is 1. The highest BCUT2D eigenvalue weighted by Crippen LogP contribution is 2.24. The number of hydrogen-bond acceptors (Lipinski definition) is 4. The van der Waals surface area contributed by atoms with Crippen molar-refractivity contribution in [3.05, 3.63) is 35.9 Å². The number of piperidine rings is 1. The molecule has 0 aliphatic carbocycles. The van der Waals surface area contributed by atoms with Gasteiger partial charge in [-0.2, -0.15) is 0 Å². The summed E-state index contributed by atoms with van der Waals surface area (Å²) in [5, 5.41) is 3.18. The molecule has 2 aliphatic heterocycles. The van der Waals surface area contributed by atoms with Crippen molar-refractivity contribution in [1.82, 2.24) is 20.0 Å². The maximum Gasteiger partial charge on any atom is 0.234 e. The lowest BCUT2D eigenvalue weighted by Crippen LogP contribution is -2.52. The van der Waals surface area contributed by atoms with E-state index in [2.05, 4.69) is 46.4 Å². The zero-order valence-corrected chi connectivity index (χ0v) is 15.9. The summed E-state index contributed by atoms with van der Waals surface area (Å²) in [6, 6.07) is 10.9. The van der Waals surface area contributed by atoms with E-state index >= 15 is 0 Å². The Morgan fingerprint density at radius 2 is 1.77 bits per heavy atom. The number of nitrogens with zero attached hydrogens (tertiary/aromatic N) is 3. The van der Waals surface area contributed by atoms with Crippen LogP contribution in [0.2, 0.25) is 0 Å². The largest absolute Gasteiger partial charge is 0.352 e. The first-order chi connectivity index (χ1) is 12.5. The molecule has 1 aromatic rings. The third-order valence-corrected chi connectivity index (χ3v) is 5.53. The lowest BCUT2D eigenvalue weighted by molar-refractivity contribution is -0.130. The zero-order chi connectivity index (χ0) is 18.5. The van der Waals surface area contributed by atoms with Crippen LogP contribution < -0.4 is 5.32 Å². The first-order valence-electron chi connectivity index (χ1n) is 9.55. The fraction of sp³-hybridized carbons (Fsp3) is 0.600. The molecule has 26 heavy (non-hydrogen) atoms. The van der Waals surface area contributed by atoms with Crippen LogP contribution in [0.3, 0.4) is 0 Å². The van der Waals surface area contributed by atoms with Crippen LogP contribution in [0.25, 0.3) is 0 Å². The third-order valence-electron chi connectivity index (χ3n) is 5.53. The molecule has 0 bridgehead atoms. The van der Waals surface area contributed by atoms with Crippen molar-refractivity contribution < 1.29 is 9.59 Å². The summed E-state index contributed by atoms with van der Waals surface area (Å²) in [5.41, 5.74) is 1.27. The molecule has 2 fully saturated rings. The van der Waals surface area contributed by atoms with Gasteiger partial charge in [-0.25, -0.2) is 0 Å². The zero-order valence-electron chi connectivity index (χ0n) is 15.9. The van der Waals surface area contributed by atoms with Gasteiger partial charge in [-0.3, -0.25) is 14.5 Å². The highest BCUT2D eigenvalue weighted by molar-refractivity contribution is 5.78. The van der Waals surface area contributed by atoms with E-state index in [1.807, 2.05) is 11.0 Å². The van der Waals surface area contributed by atoms with Gasteiger partial charge in [0.2, 0.25) is 11.8 Å². The van der Waals surface area contributed by atoms with Crippen LogP contribution in [0.1, 0.15) is 31.4 Å². The monoisotopic (exact) mass is 358 g/mol. The molecule has 2 heterocycles. The van der Waals surface area contributed by atoms with Crippen LogP contribution in [-0.4, -0.2) is 78.9 Å². The maximum atomic E-state index is 12.6. The molecule has 142 valence electrons. The molecule has 2 amide bonds. The standard InChI is InChI=1S/C20H30N4O2/c1-16(25)23-10-8-18(9-11-23)21-20(26)15-24-13-12-22(2)14-19(24)17-6-4-3-5-7-17/h3-7,18-19H,8-15H2,1-2H3,(H,21,26)/t19-/m1/s1. The molecule has 1 N–H and O–H groups in total. The number of amides is 2. The van der Waals surface area contributed by atoms with Crippen molar-refractivity contribution in [3.8, 4) is 0 Å². The molecule has 2 aliphatic rings. The molecule has 6 nitrogen and oxygen atoms in total.